The summed E-state index contributed by atoms with van der Waals surface area (Å²) in [5, 5.41) is 2.47. The molecular formula is C11H20N2O3S2. The van der Waals surface area contributed by atoms with Gasteiger partial charge in [-0.3, -0.25) is 4.79 Å². The number of carbonyl (C=O) groups excluding carboxylic acids is 2. The first-order chi connectivity index (χ1) is 8.33. The van der Waals surface area contributed by atoms with E-state index >= 15 is 0 Å². The molecule has 1 fully saturated rings. The predicted molar refractivity (Wildman–Crippen MR) is 76.0 cm³/mol. The molecule has 0 aromatic carbocycles. The lowest BCUT2D eigenvalue weighted by Crippen LogP contribution is -2.44. The minimum atomic E-state index is -0.565. The van der Waals surface area contributed by atoms with E-state index in [-0.39, 0.29) is 18.5 Å². The van der Waals surface area contributed by atoms with Gasteiger partial charge >= 0.3 is 6.09 Å². The summed E-state index contributed by atoms with van der Waals surface area (Å²) in [6.45, 7) is 5.31. The number of nitrogens with one attached hydrogen (secondary N) is 1. The summed E-state index contributed by atoms with van der Waals surface area (Å²) < 4.78 is 5.06. The van der Waals surface area contributed by atoms with Crippen molar-refractivity contribution in [2.24, 2.45) is 0 Å². The number of thiol groups is 1. The Bertz CT molecular complexity index is 318. The number of rotatable bonds is 3. The molecule has 0 aromatic rings. The number of ether oxygens (including phenoxy) is 1. The standard InChI is InChI=1S/C11H20N2O3S2/c1-11(2,3)16-10(15)12-4-9(14)13-7-18-6-8(13)5-17/h8,17H,4-7H2,1-3H3,(H,12,15). The van der Waals surface area contributed by atoms with Gasteiger partial charge in [0.05, 0.1) is 11.9 Å². The molecule has 18 heavy (non-hydrogen) atoms. The van der Waals surface area contributed by atoms with Gasteiger partial charge in [-0.15, -0.1) is 11.8 Å². The van der Waals surface area contributed by atoms with Crippen LogP contribution in [-0.4, -0.2) is 52.5 Å². The van der Waals surface area contributed by atoms with E-state index in [4.69, 9.17) is 4.74 Å². The van der Waals surface area contributed by atoms with E-state index in [0.717, 1.165) is 5.75 Å². The van der Waals surface area contributed by atoms with Gasteiger partial charge in [0.2, 0.25) is 5.91 Å². The summed E-state index contributed by atoms with van der Waals surface area (Å²) in [6, 6.07) is 0.159. The van der Waals surface area contributed by atoms with Gasteiger partial charge in [0, 0.05) is 11.5 Å². The first kappa shape index (κ1) is 15.5. The van der Waals surface area contributed by atoms with E-state index in [1.807, 2.05) is 0 Å². The molecule has 0 bridgehead atoms. The molecule has 1 N–H and O–H groups in total. The fourth-order valence-electron chi connectivity index (χ4n) is 1.47. The van der Waals surface area contributed by atoms with E-state index in [1.54, 1.807) is 37.4 Å². The van der Waals surface area contributed by atoms with Crippen molar-refractivity contribution in [3.05, 3.63) is 0 Å². The molecule has 5 nitrogen and oxygen atoms in total. The Morgan fingerprint density at radius 2 is 2.17 bits per heavy atom. The molecule has 0 spiro atoms. The van der Waals surface area contributed by atoms with E-state index in [9.17, 15) is 9.59 Å². The lowest BCUT2D eigenvalue weighted by molar-refractivity contribution is -0.130. The van der Waals surface area contributed by atoms with E-state index in [0.29, 0.717) is 11.6 Å². The lowest BCUT2D eigenvalue weighted by atomic mass is 10.2. The van der Waals surface area contributed by atoms with Gasteiger partial charge in [-0.1, -0.05) is 0 Å². The van der Waals surface area contributed by atoms with Crippen LogP contribution in [0.5, 0.6) is 0 Å². The molecule has 1 atom stereocenters. The third kappa shape index (κ3) is 4.97. The Labute approximate surface area is 117 Å². The van der Waals surface area contributed by atoms with Gasteiger partial charge in [-0.05, 0) is 20.8 Å². The van der Waals surface area contributed by atoms with Crippen molar-refractivity contribution in [3.63, 3.8) is 0 Å². The molecule has 0 radical (unpaired) electrons. The minimum Gasteiger partial charge on any atom is -0.444 e. The van der Waals surface area contributed by atoms with Crippen molar-refractivity contribution < 1.29 is 14.3 Å². The second kappa shape index (κ2) is 6.56. The van der Waals surface area contributed by atoms with Crippen LogP contribution in [0.3, 0.4) is 0 Å². The molecule has 0 aromatic heterocycles. The third-order valence-electron chi connectivity index (χ3n) is 2.30. The highest BCUT2D eigenvalue weighted by Gasteiger charge is 2.28. The number of amides is 2. The van der Waals surface area contributed by atoms with Crippen LogP contribution in [0.1, 0.15) is 20.8 Å². The molecule has 104 valence electrons. The first-order valence-corrected chi connectivity index (χ1v) is 7.57. The van der Waals surface area contributed by atoms with Gasteiger partial charge in [-0.2, -0.15) is 12.6 Å². The fraction of sp³-hybridized carbons (Fsp3) is 0.818. The van der Waals surface area contributed by atoms with Crippen molar-refractivity contribution in [3.8, 4) is 0 Å². The second-order valence-corrected chi connectivity index (χ2v) is 6.42. The monoisotopic (exact) mass is 292 g/mol. The molecule has 7 heteroatoms. The topological polar surface area (TPSA) is 58.6 Å². The Morgan fingerprint density at radius 3 is 2.72 bits per heavy atom. The van der Waals surface area contributed by atoms with Gasteiger partial charge in [-0.25, -0.2) is 4.79 Å². The highest BCUT2D eigenvalue weighted by Crippen LogP contribution is 2.21. The van der Waals surface area contributed by atoms with Crippen molar-refractivity contribution in [2.75, 3.05) is 23.9 Å². The van der Waals surface area contributed by atoms with Crippen LogP contribution in [0.4, 0.5) is 4.79 Å². The van der Waals surface area contributed by atoms with E-state index < -0.39 is 11.7 Å². The first-order valence-electron chi connectivity index (χ1n) is 5.78. The highest BCUT2D eigenvalue weighted by molar-refractivity contribution is 7.99. The van der Waals surface area contributed by atoms with Crippen molar-refractivity contribution in [2.45, 2.75) is 32.4 Å². The third-order valence-corrected chi connectivity index (χ3v) is 3.80. The quantitative estimate of drug-likeness (QED) is 0.771. The van der Waals surface area contributed by atoms with Crippen molar-refractivity contribution in [1.29, 1.82) is 0 Å². The molecule has 0 aliphatic carbocycles. The normalized spacial score (nSPS) is 19.8. The SMILES string of the molecule is CC(C)(C)OC(=O)NCC(=O)N1CSCC1CS. The molecule has 1 rings (SSSR count). The maximum atomic E-state index is 11.9. The average Bonchev–Trinajstić information content (AvgIpc) is 2.71. The molecular weight excluding hydrogens is 272 g/mol. The molecule has 1 saturated heterocycles. The maximum Gasteiger partial charge on any atom is 0.408 e. The second-order valence-electron chi connectivity index (χ2n) is 5.06. The maximum absolute atomic E-state index is 11.9. The number of alkyl carbamates (subject to hydrolysis) is 1. The van der Waals surface area contributed by atoms with Gasteiger partial charge in [0.1, 0.15) is 12.1 Å². The van der Waals surface area contributed by atoms with Gasteiger partial charge in [0.15, 0.2) is 0 Å². The van der Waals surface area contributed by atoms with Gasteiger partial charge in [0.25, 0.3) is 0 Å². The molecule has 1 heterocycles. The number of nitrogens with zero attached hydrogens (tertiary/aromatic N) is 1. The molecule has 1 aliphatic heterocycles. The zero-order valence-corrected chi connectivity index (χ0v) is 12.6. The van der Waals surface area contributed by atoms with E-state index in [1.165, 1.54) is 0 Å². The lowest BCUT2D eigenvalue weighted by Gasteiger charge is -2.23. The molecule has 1 aliphatic rings. The van der Waals surface area contributed by atoms with Crippen LogP contribution >= 0.6 is 24.4 Å². The number of hydrogen-bond donors (Lipinski definition) is 2. The average molecular weight is 292 g/mol. The zero-order chi connectivity index (χ0) is 13.8. The van der Waals surface area contributed by atoms with Crippen LogP contribution in [0.2, 0.25) is 0 Å². The summed E-state index contributed by atoms with van der Waals surface area (Å²) in [6.07, 6.45) is -0.565. The van der Waals surface area contributed by atoms with Crippen molar-refractivity contribution >= 4 is 36.4 Å². The fourth-order valence-corrected chi connectivity index (χ4v) is 3.20. The smallest absolute Gasteiger partial charge is 0.408 e. The molecule has 2 amide bonds. The van der Waals surface area contributed by atoms with Crippen LogP contribution in [0, 0.1) is 0 Å². The number of thioether (sulfide) groups is 1. The van der Waals surface area contributed by atoms with Crippen LogP contribution in [0.25, 0.3) is 0 Å². The Kier molecular flexibility index (Phi) is 5.65. The van der Waals surface area contributed by atoms with Gasteiger partial charge < -0.3 is 15.0 Å². The van der Waals surface area contributed by atoms with Crippen LogP contribution in [0.15, 0.2) is 0 Å². The van der Waals surface area contributed by atoms with E-state index in [2.05, 4.69) is 17.9 Å². The summed E-state index contributed by atoms with van der Waals surface area (Å²) >= 11 is 5.91. The van der Waals surface area contributed by atoms with Crippen LogP contribution in [-0.2, 0) is 9.53 Å². The van der Waals surface area contributed by atoms with Crippen LogP contribution < -0.4 is 5.32 Å². The highest BCUT2D eigenvalue weighted by atomic mass is 32.2. The Hall–Kier alpha value is -0.560. The Morgan fingerprint density at radius 1 is 1.50 bits per heavy atom. The number of hydrogen-bond acceptors (Lipinski definition) is 5. The summed E-state index contributed by atoms with van der Waals surface area (Å²) in [7, 11) is 0. The zero-order valence-electron chi connectivity index (χ0n) is 10.9. The largest absolute Gasteiger partial charge is 0.444 e. The molecule has 1 unspecified atom stereocenters. The minimum absolute atomic E-state index is 0.0280. The summed E-state index contributed by atoms with van der Waals surface area (Å²) in [5.41, 5.74) is -0.551. The Balaban J connectivity index is 2.35. The molecule has 0 saturated carbocycles. The van der Waals surface area contributed by atoms with Crippen molar-refractivity contribution in [1.82, 2.24) is 10.2 Å². The summed E-state index contributed by atoms with van der Waals surface area (Å²) in [5.74, 6) is 2.12. The number of carbonyl (C=O) groups is 2. The summed E-state index contributed by atoms with van der Waals surface area (Å²) in [4.78, 5) is 25.0. The predicted octanol–water partition coefficient (Wildman–Crippen LogP) is 1.34.